The molecule has 2 nitrogen and oxygen atoms in total. The van der Waals surface area contributed by atoms with E-state index in [1.54, 1.807) is 7.11 Å². The van der Waals surface area contributed by atoms with Gasteiger partial charge in [-0.25, -0.2) is 0 Å². The lowest BCUT2D eigenvalue weighted by atomic mass is 10.0. The van der Waals surface area contributed by atoms with Crippen molar-refractivity contribution in [3.63, 3.8) is 0 Å². The fraction of sp³-hybridized carbons (Fsp3) is 0.571. The average molecular weight is 221 g/mol. The molecule has 2 atom stereocenters. The Morgan fingerprint density at radius 1 is 1.19 bits per heavy atom. The predicted molar refractivity (Wildman–Crippen MR) is 68.7 cm³/mol. The molecule has 0 heterocycles. The minimum atomic E-state index is 0.240. The summed E-state index contributed by atoms with van der Waals surface area (Å²) in [6.45, 7) is 9.47. The van der Waals surface area contributed by atoms with Crippen molar-refractivity contribution < 1.29 is 4.74 Å². The first-order valence-electron chi connectivity index (χ1n) is 5.87. The molecule has 1 aromatic rings. The van der Waals surface area contributed by atoms with Gasteiger partial charge in [0, 0.05) is 19.7 Å². The molecule has 0 aliphatic rings. The number of benzene rings is 1. The van der Waals surface area contributed by atoms with Gasteiger partial charge in [0.15, 0.2) is 0 Å². The van der Waals surface area contributed by atoms with E-state index >= 15 is 0 Å². The van der Waals surface area contributed by atoms with Crippen molar-refractivity contribution in [2.45, 2.75) is 46.4 Å². The Labute approximate surface area is 99.0 Å². The molecule has 0 aromatic heterocycles. The summed E-state index contributed by atoms with van der Waals surface area (Å²) in [5.74, 6) is 0. The van der Waals surface area contributed by atoms with Crippen LogP contribution in [0.3, 0.4) is 0 Å². The maximum absolute atomic E-state index is 5.30. The van der Waals surface area contributed by atoms with Gasteiger partial charge in [0.05, 0.1) is 6.10 Å². The van der Waals surface area contributed by atoms with E-state index in [1.807, 2.05) is 0 Å². The Hall–Kier alpha value is -0.860. The Kier molecular flexibility index (Phi) is 4.97. The monoisotopic (exact) mass is 221 g/mol. The van der Waals surface area contributed by atoms with Crippen LogP contribution in [0.15, 0.2) is 18.2 Å². The SMILES string of the molecule is COC(C)C(C)NCc1c(C)cccc1C. The minimum Gasteiger partial charge on any atom is -0.380 e. The van der Waals surface area contributed by atoms with Crippen LogP contribution in [0, 0.1) is 13.8 Å². The molecule has 0 amide bonds. The molecule has 0 spiro atoms. The highest BCUT2D eigenvalue weighted by atomic mass is 16.5. The number of rotatable bonds is 5. The zero-order valence-corrected chi connectivity index (χ0v) is 11.0. The summed E-state index contributed by atoms with van der Waals surface area (Å²) in [5.41, 5.74) is 4.10. The summed E-state index contributed by atoms with van der Waals surface area (Å²) < 4.78 is 5.30. The second-order valence-corrected chi connectivity index (χ2v) is 4.48. The fourth-order valence-electron chi connectivity index (χ4n) is 1.76. The average Bonchev–Trinajstić information content (AvgIpc) is 2.27. The molecule has 1 rings (SSSR count). The molecular formula is C14H23NO. The summed E-state index contributed by atoms with van der Waals surface area (Å²) in [6, 6.07) is 6.79. The van der Waals surface area contributed by atoms with E-state index in [2.05, 4.69) is 51.2 Å². The van der Waals surface area contributed by atoms with Gasteiger partial charge in [-0.15, -0.1) is 0 Å². The van der Waals surface area contributed by atoms with Crippen molar-refractivity contribution >= 4 is 0 Å². The third kappa shape index (κ3) is 3.32. The van der Waals surface area contributed by atoms with Gasteiger partial charge < -0.3 is 10.1 Å². The zero-order valence-electron chi connectivity index (χ0n) is 11.0. The van der Waals surface area contributed by atoms with Gasteiger partial charge in [-0.3, -0.25) is 0 Å². The summed E-state index contributed by atoms with van der Waals surface area (Å²) in [6.07, 6.45) is 0.240. The van der Waals surface area contributed by atoms with Crippen molar-refractivity contribution in [3.05, 3.63) is 34.9 Å². The predicted octanol–water partition coefficient (Wildman–Crippen LogP) is 2.82. The van der Waals surface area contributed by atoms with Gasteiger partial charge in [0.2, 0.25) is 0 Å². The molecule has 2 heteroatoms. The summed E-state index contributed by atoms with van der Waals surface area (Å²) in [5, 5.41) is 3.51. The number of nitrogens with one attached hydrogen (secondary N) is 1. The topological polar surface area (TPSA) is 21.3 Å². The molecule has 0 saturated heterocycles. The highest BCUT2D eigenvalue weighted by Crippen LogP contribution is 2.13. The zero-order chi connectivity index (χ0) is 12.1. The van der Waals surface area contributed by atoms with Crippen LogP contribution in [0.4, 0.5) is 0 Å². The maximum atomic E-state index is 5.30. The standard InChI is InChI=1S/C14H23NO/c1-10-7-6-8-11(2)14(10)9-15-12(3)13(4)16-5/h6-8,12-13,15H,9H2,1-5H3. The minimum absolute atomic E-state index is 0.240. The van der Waals surface area contributed by atoms with E-state index in [0.29, 0.717) is 6.04 Å². The molecule has 1 aromatic carbocycles. The molecule has 0 bridgehead atoms. The van der Waals surface area contributed by atoms with Crippen LogP contribution in [0.2, 0.25) is 0 Å². The van der Waals surface area contributed by atoms with Gasteiger partial charge in [0.1, 0.15) is 0 Å². The van der Waals surface area contributed by atoms with Gasteiger partial charge >= 0.3 is 0 Å². The molecule has 90 valence electrons. The van der Waals surface area contributed by atoms with Crippen LogP contribution in [0.5, 0.6) is 0 Å². The fourth-order valence-corrected chi connectivity index (χ4v) is 1.76. The van der Waals surface area contributed by atoms with Gasteiger partial charge in [-0.1, -0.05) is 18.2 Å². The molecule has 0 aliphatic heterocycles. The molecule has 0 saturated carbocycles. The third-order valence-electron chi connectivity index (χ3n) is 3.32. The molecule has 0 aliphatic carbocycles. The van der Waals surface area contributed by atoms with Gasteiger partial charge in [-0.2, -0.15) is 0 Å². The third-order valence-corrected chi connectivity index (χ3v) is 3.32. The van der Waals surface area contributed by atoms with Crippen molar-refractivity contribution in [1.29, 1.82) is 0 Å². The molecule has 1 N–H and O–H groups in total. The van der Waals surface area contributed by atoms with Crippen LogP contribution < -0.4 is 5.32 Å². The highest BCUT2D eigenvalue weighted by molar-refractivity contribution is 5.33. The van der Waals surface area contributed by atoms with E-state index in [4.69, 9.17) is 4.74 Å². The van der Waals surface area contributed by atoms with Crippen LogP contribution >= 0.6 is 0 Å². The van der Waals surface area contributed by atoms with Crippen molar-refractivity contribution in [2.24, 2.45) is 0 Å². The number of methoxy groups -OCH3 is 1. The number of aryl methyl sites for hydroxylation is 2. The van der Waals surface area contributed by atoms with Crippen LogP contribution in [0.1, 0.15) is 30.5 Å². The lowest BCUT2D eigenvalue weighted by Crippen LogP contribution is -2.36. The molecule has 16 heavy (non-hydrogen) atoms. The van der Waals surface area contributed by atoms with E-state index < -0.39 is 0 Å². The molecule has 0 fully saturated rings. The summed E-state index contributed by atoms with van der Waals surface area (Å²) in [4.78, 5) is 0. The smallest absolute Gasteiger partial charge is 0.0693 e. The van der Waals surface area contributed by atoms with Crippen molar-refractivity contribution in [3.8, 4) is 0 Å². The molecule has 2 unspecified atom stereocenters. The van der Waals surface area contributed by atoms with E-state index in [-0.39, 0.29) is 6.10 Å². The second-order valence-electron chi connectivity index (χ2n) is 4.48. The van der Waals surface area contributed by atoms with Crippen molar-refractivity contribution in [1.82, 2.24) is 5.32 Å². The first-order valence-corrected chi connectivity index (χ1v) is 5.87. The Bertz CT molecular complexity index is 315. The maximum Gasteiger partial charge on any atom is 0.0693 e. The lowest BCUT2D eigenvalue weighted by molar-refractivity contribution is 0.0882. The Balaban J connectivity index is 2.61. The molecular weight excluding hydrogens is 198 g/mol. The van der Waals surface area contributed by atoms with Crippen LogP contribution in [0.25, 0.3) is 0 Å². The van der Waals surface area contributed by atoms with E-state index in [0.717, 1.165) is 6.54 Å². The number of hydrogen-bond donors (Lipinski definition) is 1. The summed E-state index contributed by atoms with van der Waals surface area (Å²) >= 11 is 0. The Morgan fingerprint density at radius 3 is 2.25 bits per heavy atom. The summed E-state index contributed by atoms with van der Waals surface area (Å²) in [7, 11) is 1.75. The van der Waals surface area contributed by atoms with Gasteiger partial charge in [0.25, 0.3) is 0 Å². The van der Waals surface area contributed by atoms with E-state index in [9.17, 15) is 0 Å². The number of hydrogen-bond acceptors (Lipinski definition) is 2. The first-order chi connectivity index (χ1) is 7.56. The van der Waals surface area contributed by atoms with Gasteiger partial charge in [-0.05, 0) is 44.4 Å². The Morgan fingerprint density at radius 2 is 1.75 bits per heavy atom. The van der Waals surface area contributed by atoms with Crippen molar-refractivity contribution in [2.75, 3.05) is 7.11 Å². The van der Waals surface area contributed by atoms with Crippen LogP contribution in [-0.4, -0.2) is 19.3 Å². The van der Waals surface area contributed by atoms with Crippen LogP contribution in [-0.2, 0) is 11.3 Å². The molecule has 0 radical (unpaired) electrons. The number of ether oxygens (including phenoxy) is 1. The van der Waals surface area contributed by atoms with E-state index in [1.165, 1.54) is 16.7 Å². The first kappa shape index (κ1) is 13.2. The second kappa shape index (κ2) is 6.02. The highest BCUT2D eigenvalue weighted by Gasteiger charge is 2.11. The normalized spacial score (nSPS) is 14.8. The quantitative estimate of drug-likeness (QED) is 0.825. The lowest BCUT2D eigenvalue weighted by Gasteiger charge is -2.21. The largest absolute Gasteiger partial charge is 0.380 e.